The third-order valence-electron chi connectivity index (χ3n) is 6.11. The van der Waals surface area contributed by atoms with Crippen molar-refractivity contribution in [1.29, 1.82) is 0 Å². The average molecular weight is 449 g/mol. The second-order valence-corrected chi connectivity index (χ2v) is 9.21. The number of anilines is 1. The second kappa shape index (κ2) is 10.1. The Labute approximate surface area is 192 Å². The molecule has 1 aromatic carbocycles. The van der Waals surface area contributed by atoms with E-state index in [2.05, 4.69) is 34.6 Å². The molecule has 1 aliphatic carbocycles. The van der Waals surface area contributed by atoms with Crippen LogP contribution in [0.25, 0.3) is 22.3 Å². The molecule has 1 N–H and O–H groups in total. The summed E-state index contributed by atoms with van der Waals surface area (Å²) in [6, 6.07) is 14.3. The zero-order valence-electron chi connectivity index (χ0n) is 18.3. The van der Waals surface area contributed by atoms with E-state index in [-0.39, 0.29) is 18.3 Å². The number of carbonyl (C=O) groups excluding carboxylic acids is 2. The molecule has 3 aromatic rings. The van der Waals surface area contributed by atoms with Gasteiger partial charge in [-0.3, -0.25) is 14.6 Å². The van der Waals surface area contributed by atoms with Crippen molar-refractivity contribution in [1.82, 2.24) is 4.98 Å². The van der Waals surface area contributed by atoms with E-state index in [0.29, 0.717) is 6.61 Å². The van der Waals surface area contributed by atoms with Crippen LogP contribution >= 0.6 is 11.3 Å². The molecule has 2 heterocycles. The highest BCUT2D eigenvalue weighted by Crippen LogP contribution is 2.41. The van der Waals surface area contributed by atoms with E-state index in [1.54, 1.807) is 12.4 Å². The number of pyridine rings is 1. The van der Waals surface area contributed by atoms with Crippen molar-refractivity contribution >= 4 is 28.2 Å². The fourth-order valence-corrected chi connectivity index (χ4v) is 5.23. The summed E-state index contributed by atoms with van der Waals surface area (Å²) in [5.74, 6) is -0.350. The summed E-state index contributed by atoms with van der Waals surface area (Å²) in [6.07, 6.45) is 8.23. The zero-order valence-corrected chi connectivity index (χ0v) is 19.1. The van der Waals surface area contributed by atoms with Crippen molar-refractivity contribution in [3.63, 3.8) is 0 Å². The SMILES string of the molecule is CCOC(=O)C1(CC(=O)Nc2cc(-c3ccc(-c4ccncc4)cc3)cs2)CCCCC1. The molecule has 0 aliphatic heterocycles. The molecular weight excluding hydrogens is 420 g/mol. The molecule has 1 saturated carbocycles. The van der Waals surface area contributed by atoms with Crippen molar-refractivity contribution in [2.45, 2.75) is 45.4 Å². The first-order valence-corrected chi connectivity index (χ1v) is 12.0. The van der Waals surface area contributed by atoms with Gasteiger partial charge in [-0.15, -0.1) is 11.3 Å². The number of amides is 1. The Hall–Kier alpha value is -2.99. The molecule has 166 valence electrons. The average Bonchev–Trinajstić information content (AvgIpc) is 3.29. The summed E-state index contributed by atoms with van der Waals surface area (Å²) in [6.45, 7) is 2.15. The van der Waals surface area contributed by atoms with Gasteiger partial charge < -0.3 is 10.1 Å². The summed E-state index contributed by atoms with van der Waals surface area (Å²) >= 11 is 1.50. The second-order valence-electron chi connectivity index (χ2n) is 8.30. The number of hydrogen-bond donors (Lipinski definition) is 1. The molecule has 1 amide bonds. The van der Waals surface area contributed by atoms with Gasteiger partial charge in [0.2, 0.25) is 5.91 Å². The fourth-order valence-electron chi connectivity index (χ4n) is 4.41. The highest BCUT2D eigenvalue weighted by atomic mass is 32.1. The zero-order chi connectivity index (χ0) is 22.4. The lowest BCUT2D eigenvalue weighted by atomic mass is 9.71. The minimum absolute atomic E-state index is 0.124. The largest absolute Gasteiger partial charge is 0.466 e. The Balaban J connectivity index is 1.42. The molecule has 1 aliphatic rings. The van der Waals surface area contributed by atoms with E-state index in [1.807, 2.05) is 30.5 Å². The van der Waals surface area contributed by atoms with Gasteiger partial charge in [-0.2, -0.15) is 0 Å². The first kappa shape index (κ1) is 22.2. The highest BCUT2D eigenvalue weighted by Gasteiger charge is 2.42. The molecule has 0 spiro atoms. The maximum absolute atomic E-state index is 12.8. The molecule has 5 nitrogen and oxygen atoms in total. The van der Waals surface area contributed by atoms with Crippen molar-refractivity contribution in [2.24, 2.45) is 5.41 Å². The Morgan fingerprint density at radius 3 is 2.25 bits per heavy atom. The summed E-state index contributed by atoms with van der Waals surface area (Å²) in [4.78, 5) is 29.5. The lowest BCUT2D eigenvalue weighted by molar-refractivity contribution is -0.159. The van der Waals surface area contributed by atoms with Crippen LogP contribution in [0.5, 0.6) is 0 Å². The van der Waals surface area contributed by atoms with Crippen LogP contribution < -0.4 is 5.32 Å². The molecule has 0 bridgehead atoms. The summed E-state index contributed by atoms with van der Waals surface area (Å²) in [5.41, 5.74) is 3.74. The van der Waals surface area contributed by atoms with Crippen LogP contribution in [-0.2, 0) is 14.3 Å². The van der Waals surface area contributed by atoms with Gasteiger partial charge in [-0.1, -0.05) is 43.5 Å². The molecule has 2 aromatic heterocycles. The van der Waals surface area contributed by atoms with Gasteiger partial charge >= 0.3 is 5.97 Å². The molecule has 6 heteroatoms. The van der Waals surface area contributed by atoms with Crippen LogP contribution in [0.4, 0.5) is 5.00 Å². The quantitative estimate of drug-likeness (QED) is 0.430. The van der Waals surface area contributed by atoms with Gasteiger partial charge in [0.15, 0.2) is 0 Å². The topological polar surface area (TPSA) is 68.3 Å². The predicted octanol–water partition coefficient (Wildman–Crippen LogP) is 6.32. The number of aromatic nitrogens is 1. The maximum Gasteiger partial charge on any atom is 0.312 e. The lowest BCUT2D eigenvalue weighted by Gasteiger charge is -2.34. The van der Waals surface area contributed by atoms with Crippen molar-refractivity contribution in [3.05, 3.63) is 60.2 Å². The molecular formula is C26H28N2O3S. The number of benzene rings is 1. The Morgan fingerprint density at radius 1 is 0.969 bits per heavy atom. The number of nitrogens with zero attached hydrogens (tertiary/aromatic N) is 1. The molecule has 1 fully saturated rings. The normalized spacial score (nSPS) is 15.2. The third kappa shape index (κ3) is 5.07. The van der Waals surface area contributed by atoms with Crippen LogP contribution in [0.3, 0.4) is 0 Å². The number of ether oxygens (including phenoxy) is 1. The molecule has 0 unspecified atom stereocenters. The smallest absolute Gasteiger partial charge is 0.312 e. The molecule has 32 heavy (non-hydrogen) atoms. The monoisotopic (exact) mass is 448 g/mol. The first-order chi connectivity index (χ1) is 15.6. The third-order valence-corrected chi connectivity index (χ3v) is 6.96. The van der Waals surface area contributed by atoms with E-state index in [4.69, 9.17) is 4.74 Å². The molecule has 0 atom stereocenters. The van der Waals surface area contributed by atoms with E-state index >= 15 is 0 Å². The number of carbonyl (C=O) groups is 2. The molecule has 0 radical (unpaired) electrons. The summed E-state index contributed by atoms with van der Waals surface area (Å²) in [7, 11) is 0. The highest BCUT2D eigenvalue weighted by molar-refractivity contribution is 7.14. The van der Waals surface area contributed by atoms with Crippen LogP contribution in [0.15, 0.2) is 60.2 Å². The van der Waals surface area contributed by atoms with Gasteiger partial charge in [0.05, 0.1) is 17.0 Å². The standard InChI is InChI=1S/C26H28N2O3S/c1-2-31-25(30)26(12-4-3-5-13-26)17-23(29)28-24-16-22(18-32-24)20-8-6-19(7-9-20)21-10-14-27-15-11-21/h6-11,14-16,18H,2-5,12-13,17H2,1H3,(H,28,29). The Kier molecular flexibility index (Phi) is 7.00. The van der Waals surface area contributed by atoms with Crippen LogP contribution in [0.2, 0.25) is 0 Å². The van der Waals surface area contributed by atoms with Gasteiger partial charge in [-0.05, 0) is 60.2 Å². The summed E-state index contributed by atoms with van der Waals surface area (Å²) < 4.78 is 5.32. The Morgan fingerprint density at radius 2 is 1.59 bits per heavy atom. The molecule has 4 rings (SSSR count). The van der Waals surface area contributed by atoms with Crippen molar-refractivity contribution in [2.75, 3.05) is 11.9 Å². The van der Waals surface area contributed by atoms with E-state index in [1.165, 1.54) is 11.3 Å². The van der Waals surface area contributed by atoms with Crippen LogP contribution in [0, 0.1) is 5.41 Å². The van der Waals surface area contributed by atoms with E-state index in [9.17, 15) is 9.59 Å². The lowest BCUT2D eigenvalue weighted by Crippen LogP contribution is -2.38. The maximum atomic E-state index is 12.8. The minimum Gasteiger partial charge on any atom is -0.466 e. The fraction of sp³-hybridized carbons (Fsp3) is 0.346. The number of hydrogen-bond acceptors (Lipinski definition) is 5. The number of nitrogens with one attached hydrogen (secondary N) is 1. The van der Waals surface area contributed by atoms with Gasteiger partial charge in [0, 0.05) is 24.2 Å². The number of esters is 1. The van der Waals surface area contributed by atoms with Crippen molar-refractivity contribution < 1.29 is 14.3 Å². The van der Waals surface area contributed by atoms with Crippen molar-refractivity contribution in [3.8, 4) is 22.3 Å². The van der Waals surface area contributed by atoms with E-state index in [0.717, 1.165) is 59.4 Å². The number of thiophene rings is 1. The van der Waals surface area contributed by atoms with E-state index < -0.39 is 5.41 Å². The van der Waals surface area contributed by atoms with Crippen LogP contribution in [0.1, 0.15) is 45.4 Å². The Bertz CT molecular complexity index is 1050. The first-order valence-electron chi connectivity index (χ1n) is 11.2. The predicted molar refractivity (Wildman–Crippen MR) is 128 cm³/mol. The van der Waals surface area contributed by atoms with Crippen LogP contribution in [-0.4, -0.2) is 23.5 Å². The summed E-state index contributed by atoms with van der Waals surface area (Å²) in [5, 5.41) is 5.83. The minimum atomic E-state index is -0.679. The van der Waals surface area contributed by atoms with Gasteiger partial charge in [0.1, 0.15) is 0 Å². The molecule has 0 saturated heterocycles. The van der Waals surface area contributed by atoms with Gasteiger partial charge in [0.25, 0.3) is 0 Å². The van der Waals surface area contributed by atoms with Gasteiger partial charge in [-0.25, -0.2) is 0 Å². The number of rotatable bonds is 7.